The lowest BCUT2D eigenvalue weighted by Crippen LogP contribution is -2.06. The first-order chi connectivity index (χ1) is 4.61. The van der Waals surface area contributed by atoms with Crippen LogP contribution < -0.4 is 0 Å². The largest absolute Gasteiger partial charge is 0.264 e. The van der Waals surface area contributed by atoms with E-state index in [9.17, 15) is 0 Å². The molecule has 0 saturated carbocycles. The number of hydrogen-bond acceptors (Lipinski definition) is 1. The molecule has 54 valence electrons. The van der Waals surface area contributed by atoms with E-state index in [1.165, 1.54) is 5.56 Å². The molecule has 0 spiro atoms. The maximum atomic E-state index is 4.02. The van der Waals surface area contributed by atoms with Gasteiger partial charge in [-0.1, -0.05) is 22.0 Å². The average Bonchev–Trinajstić information content (AvgIpc) is 1.88. The van der Waals surface area contributed by atoms with E-state index in [0.717, 1.165) is 0 Å². The zero-order chi connectivity index (χ0) is 7.61. The Morgan fingerprint density at radius 1 is 1.50 bits per heavy atom. The molecule has 0 aliphatic carbocycles. The second-order valence-corrected chi connectivity index (χ2v) is 4.70. The third-order valence-corrected chi connectivity index (χ3v) is 1.81. The molecular formula is C8H10BrN. The Bertz CT molecular complexity index is 200. The summed E-state index contributed by atoms with van der Waals surface area (Å²) in [5, 5.41) is 0. The summed E-state index contributed by atoms with van der Waals surface area (Å²) in [7, 11) is 0. The number of halogens is 1. The highest BCUT2D eigenvalue weighted by atomic mass is 79.9. The maximum Gasteiger partial charge on any atom is 0.0465 e. The fraction of sp³-hybridized carbons (Fsp3) is 0.375. The molecule has 2 heteroatoms. The third kappa shape index (κ3) is 1.81. The summed E-state index contributed by atoms with van der Waals surface area (Å²) < 4.78 is 0.0429. The Morgan fingerprint density at radius 2 is 2.20 bits per heavy atom. The van der Waals surface area contributed by atoms with E-state index in [0.29, 0.717) is 0 Å². The van der Waals surface area contributed by atoms with Gasteiger partial charge in [0.2, 0.25) is 0 Å². The van der Waals surface area contributed by atoms with Crippen LogP contribution in [-0.2, 0) is 4.32 Å². The monoisotopic (exact) mass is 199 g/mol. The Morgan fingerprint density at radius 3 is 2.50 bits per heavy atom. The first-order valence-electron chi connectivity index (χ1n) is 3.20. The molecule has 0 bridgehead atoms. The van der Waals surface area contributed by atoms with E-state index in [2.05, 4.69) is 40.8 Å². The predicted molar refractivity (Wildman–Crippen MR) is 46.2 cm³/mol. The number of rotatable bonds is 1. The smallest absolute Gasteiger partial charge is 0.0465 e. The normalized spacial score (nSPS) is 11.5. The van der Waals surface area contributed by atoms with Crippen molar-refractivity contribution in [3.63, 3.8) is 0 Å². The van der Waals surface area contributed by atoms with Crippen molar-refractivity contribution in [3.8, 4) is 0 Å². The molecule has 10 heavy (non-hydrogen) atoms. The summed E-state index contributed by atoms with van der Waals surface area (Å²) in [6.45, 7) is 4.20. The summed E-state index contributed by atoms with van der Waals surface area (Å²) >= 11 is 3.55. The van der Waals surface area contributed by atoms with Crippen LogP contribution in [0.3, 0.4) is 0 Å². The van der Waals surface area contributed by atoms with Crippen molar-refractivity contribution >= 4 is 15.9 Å². The molecule has 1 nitrogen and oxygen atoms in total. The van der Waals surface area contributed by atoms with Gasteiger partial charge in [-0.3, -0.25) is 4.98 Å². The summed E-state index contributed by atoms with van der Waals surface area (Å²) in [6, 6.07) is 4.00. The summed E-state index contributed by atoms with van der Waals surface area (Å²) in [4.78, 5) is 4.02. The molecule has 0 N–H and O–H groups in total. The number of nitrogens with zero attached hydrogens (tertiary/aromatic N) is 1. The highest BCUT2D eigenvalue weighted by molar-refractivity contribution is 9.09. The van der Waals surface area contributed by atoms with E-state index in [-0.39, 0.29) is 4.32 Å². The minimum Gasteiger partial charge on any atom is -0.264 e. The number of alkyl halides is 1. The fourth-order valence-electron chi connectivity index (χ4n) is 0.714. The van der Waals surface area contributed by atoms with Crippen molar-refractivity contribution in [1.82, 2.24) is 4.98 Å². The van der Waals surface area contributed by atoms with Crippen LogP contribution >= 0.6 is 15.9 Å². The summed E-state index contributed by atoms with van der Waals surface area (Å²) in [6.07, 6.45) is 3.65. The zero-order valence-corrected chi connectivity index (χ0v) is 7.72. The van der Waals surface area contributed by atoms with Gasteiger partial charge in [0.1, 0.15) is 0 Å². The molecule has 1 aromatic rings. The minimum absolute atomic E-state index is 0.0429. The van der Waals surface area contributed by atoms with E-state index in [1.807, 2.05) is 12.3 Å². The van der Waals surface area contributed by atoms with Gasteiger partial charge in [-0.25, -0.2) is 0 Å². The number of pyridine rings is 1. The van der Waals surface area contributed by atoms with Crippen LogP contribution in [0.1, 0.15) is 19.4 Å². The first kappa shape index (κ1) is 7.73. The van der Waals surface area contributed by atoms with E-state index in [4.69, 9.17) is 0 Å². The van der Waals surface area contributed by atoms with Crippen LogP contribution in [0.4, 0.5) is 0 Å². The standard InChI is InChI=1S/C8H10BrN/c1-8(2,9)7-4-3-5-10-6-7/h3-6H,1-2H3. The van der Waals surface area contributed by atoms with Gasteiger partial charge >= 0.3 is 0 Å². The van der Waals surface area contributed by atoms with Crippen LogP contribution in [0.15, 0.2) is 24.5 Å². The summed E-state index contributed by atoms with van der Waals surface area (Å²) in [5.74, 6) is 0. The zero-order valence-electron chi connectivity index (χ0n) is 6.13. The van der Waals surface area contributed by atoms with Crippen molar-refractivity contribution in [2.45, 2.75) is 18.2 Å². The van der Waals surface area contributed by atoms with Gasteiger partial charge in [0.25, 0.3) is 0 Å². The van der Waals surface area contributed by atoms with Crippen molar-refractivity contribution < 1.29 is 0 Å². The van der Waals surface area contributed by atoms with Crippen molar-refractivity contribution in [1.29, 1.82) is 0 Å². The van der Waals surface area contributed by atoms with Gasteiger partial charge in [-0.2, -0.15) is 0 Å². The van der Waals surface area contributed by atoms with Crippen LogP contribution in [0.25, 0.3) is 0 Å². The van der Waals surface area contributed by atoms with Gasteiger partial charge in [0.05, 0.1) is 0 Å². The van der Waals surface area contributed by atoms with Crippen LogP contribution in [0, 0.1) is 0 Å². The molecule has 0 fully saturated rings. The van der Waals surface area contributed by atoms with Gasteiger partial charge in [0, 0.05) is 16.7 Å². The molecule has 0 amide bonds. The fourth-order valence-corrected chi connectivity index (χ4v) is 0.949. The SMILES string of the molecule is CC(C)(Br)c1cccnc1. The molecule has 0 saturated heterocycles. The molecule has 0 aliphatic rings. The van der Waals surface area contributed by atoms with Gasteiger partial charge < -0.3 is 0 Å². The molecule has 1 aromatic heterocycles. The van der Waals surface area contributed by atoms with Crippen molar-refractivity contribution in [2.24, 2.45) is 0 Å². The van der Waals surface area contributed by atoms with Gasteiger partial charge in [-0.05, 0) is 25.5 Å². The second kappa shape index (κ2) is 2.70. The topological polar surface area (TPSA) is 12.9 Å². The highest BCUT2D eigenvalue weighted by Crippen LogP contribution is 2.28. The first-order valence-corrected chi connectivity index (χ1v) is 3.99. The van der Waals surface area contributed by atoms with Gasteiger partial charge in [-0.15, -0.1) is 0 Å². The molecule has 0 aromatic carbocycles. The molecule has 0 unspecified atom stereocenters. The Hall–Kier alpha value is -0.370. The van der Waals surface area contributed by atoms with Crippen LogP contribution in [0.2, 0.25) is 0 Å². The second-order valence-electron chi connectivity index (χ2n) is 2.71. The quantitative estimate of drug-likeness (QED) is 0.635. The van der Waals surface area contributed by atoms with Crippen molar-refractivity contribution in [2.75, 3.05) is 0 Å². The number of hydrogen-bond donors (Lipinski definition) is 0. The van der Waals surface area contributed by atoms with E-state index >= 15 is 0 Å². The van der Waals surface area contributed by atoms with Crippen LogP contribution in [0.5, 0.6) is 0 Å². The minimum atomic E-state index is 0.0429. The summed E-state index contributed by atoms with van der Waals surface area (Å²) in [5.41, 5.74) is 1.20. The molecule has 0 atom stereocenters. The van der Waals surface area contributed by atoms with E-state index in [1.54, 1.807) is 6.20 Å². The Balaban J connectivity index is 2.97. The molecule has 0 aliphatic heterocycles. The molecular weight excluding hydrogens is 190 g/mol. The predicted octanol–water partition coefficient (Wildman–Crippen LogP) is 2.71. The third-order valence-electron chi connectivity index (χ3n) is 1.35. The maximum absolute atomic E-state index is 4.02. The van der Waals surface area contributed by atoms with Crippen LogP contribution in [-0.4, -0.2) is 4.98 Å². The van der Waals surface area contributed by atoms with Gasteiger partial charge in [0.15, 0.2) is 0 Å². The molecule has 1 heterocycles. The lowest BCUT2D eigenvalue weighted by Gasteiger charge is -2.14. The lowest BCUT2D eigenvalue weighted by molar-refractivity contribution is 0.797. The average molecular weight is 200 g/mol. The number of aromatic nitrogens is 1. The Labute approximate surface area is 69.6 Å². The van der Waals surface area contributed by atoms with E-state index < -0.39 is 0 Å². The highest BCUT2D eigenvalue weighted by Gasteiger charge is 2.14. The molecule has 0 radical (unpaired) electrons. The Kier molecular flexibility index (Phi) is 2.09. The van der Waals surface area contributed by atoms with Crippen molar-refractivity contribution in [3.05, 3.63) is 30.1 Å². The molecule has 1 rings (SSSR count). The lowest BCUT2D eigenvalue weighted by atomic mass is 10.1.